The molecule has 1 atom stereocenters. The Bertz CT molecular complexity index is 842. The molecule has 6 heteroatoms. The van der Waals surface area contributed by atoms with E-state index in [2.05, 4.69) is 25.9 Å². The summed E-state index contributed by atoms with van der Waals surface area (Å²) in [6.07, 6.45) is 2.49. The van der Waals surface area contributed by atoms with Gasteiger partial charge in [-0.05, 0) is 34.1 Å². The van der Waals surface area contributed by atoms with Crippen molar-refractivity contribution in [3.8, 4) is 5.88 Å². The van der Waals surface area contributed by atoms with Crippen LogP contribution in [0, 0.1) is 0 Å². The predicted molar refractivity (Wildman–Crippen MR) is 95.2 cm³/mol. The summed E-state index contributed by atoms with van der Waals surface area (Å²) in [5.41, 5.74) is 1.60. The molecule has 0 bridgehead atoms. The average molecular weight is 386 g/mol. The van der Waals surface area contributed by atoms with E-state index >= 15 is 0 Å². The van der Waals surface area contributed by atoms with E-state index in [1.165, 1.54) is 0 Å². The van der Waals surface area contributed by atoms with Crippen LogP contribution in [0.15, 0.2) is 53.1 Å². The van der Waals surface area contributed by atoms with E-state index in [-0.39, 0.29) is 12.0 Å². The highest BCUT2D eigenvalue weighted by molar-refractivity contribution is 9.10. The van der Waals surface area contributed by atoms with Crippen LogP contribution < -0.4 is 4.74 Å². The molecular formula is C18H16BrN3O2. The zero-order chi connectivity index (χ0) is 16.5. The third kappa shape index (κ3) is 3.01. The Labute approximate surface area is 147 Å². The molecule has 0 unspecified atom stereocenters. The maximum atomic E-state index is 12.7. The zero-order valence-corrected chi connectivity index (χ0v) is 14.5. The van der Waals surface area contributed by atoms with Gasteiger partial charge in [-0.2, -0.15) is 0 Å². The molecule has 3 aromatic rings. The first-order valence-electron chi connectivity index (χ1n) is 7.84. The summed E-state index contributed by atoms with van der Waals surface area (Å²) in [4.78, 5) is 21.9. The first kappa shape index (κ1) is 15.2. The van der Waals surface area contributed by atoms with E-state index in [0.29, 0.717) is 24.7 Å². The molecule has 0 saturated carbocycles. The third-order valence-electron chi connectivity index (χ3n) is 4.18. The first-order valence-corrected chi connectivity index (χ1v) is 8.63. The van der Waals surface area contributed by atoms with Crippen LogP contribution in [0.3, 0.4) is 0 Å². The number of nitrogens with one attached hydrogen (secondary N) is 1. The number of hydrogen-bond donors (Lipinski definition) is 1. The number of ether oxygens (including phenoxy) is 1. The van der Waals surface area contributed by atoms with Crippen molar-refractivity contribution in [3.05, 3.63) is 58.8 Å². The number of halogens is 1. The maximum absolute atomic E-state index is 12.7. The van der Waals surface area contributed by atoms with Crippen molar-refractivity contribution in [2.45, 2.75) is 12.5 Å². The lowest BCUT2D eigenvalue weighted by Gasteiger charge is -2.16. The number of para-hydroxylation sites is 1. The van der Waals surface area contributed by atoms with Gasteiger partial charge >= 0.3 is 0 Å². The minimum Gasteiger partial charge on any atom is -0.472 e. The Kier molecular flexibility index (Phi) is 3.98. The smallest absolute Gasteiger partial charge is 0.270 e. The highest BCUT2D eigenvalue weighted by Gasteiger charge is 2.29. The second-order valence-electron chi connectivity index (χ2n) is 5.86. The number of fused-ring (bicyclic) bond motifs is 1. The van der Waals surface area contributed by atoms with Crippen LogP contribution in [0.25, 0.3) is 10.9 Å². The van der Waals surface area contributed by atoms with Crippen LogP contribution in [0.4, 0.5) is 0 Å². The summed E-state index contributed by atoms with van der Waals surface area (Å²) >= 11 is 3.35. The second-order valence-corrected chi connectivity index (χ2v) is 6.78. The van der Waals surface area contributed by atoms with Gasteiger partial charge < -0.3 is 14.6 Å². The summed E-state index contributed by atoms with van der Waals surface area (Å²) in [6, 6.07) is 13.5. The third-order valence-corrected chi connectivity index (χ3v) is 4.65. The molecule has 1 fully saturated rings. The van der Waals surface area contributed by atoms with Crippen LogP contribution >= 0.6 is 15.9 Å². The Hall–Kier alpha value is -2.34. The summed E-state index contributed by atoms with van der Waals surface area (Å²) in [6.45, 7) is 1.27. The van der Waals surface area contributed by atoms with E-state index in [4.69, 9.17) is 4.74 Å². The first-order chi connectivity index (χ1) is 11.7. The average Bonchev–Trinajstić information content (AvgIpc) is 3.23. The van der Waals surface area contributed by atoms with Gasteiger partial charge in [0.1, 0.15) is 11.8 Å². The number of aromatic amines is 1. The molecule has 1 N–H and O–H groups in total. The molecule has 1 aliphatic rings. The van der Waals surface area contributed by atoms with Crippen molar-refractivity contribution < 1.29 is 9.53 Å². The molecule has 4 rings (SSSR count). The topological polar surface area (TPSA) is 58.2 Å². The number of likely N-dealkylation sites (tertiary alicyclic amines) is 1. The molecular weight excluding hydrogens is 370 g/mol. The molecule has 0 spiro atoms. The van der Waals surface area contributed by atoms with Crippen LogP contribution in [-0.4, -0.2) is 40.0 Å². The Morgan fingerprint density at radius 3 is 2.96 bits per heavy atom. The Morgan fingerprint density at radius 1 is 1.29 bits per heavy atom. The van der Waals surface area contributed by atoms with E-state index in [9.17, 15) is 4.79 Å². The van der Waals surface area contributed by atoms with Gasteiger partial charge in [0.05, 0.1) is 6.54 Å². The molecule has 24 heavy (non-hydrogen) atoms. The minimum absolute atomic E-state index is 0.0149. The van der Waals surface area contributed by atoms with Gasteiger partial charge in [0, 0.05) is 40.6 Å². The van der Waals surface area contributed by atoms with Crippen LogP contribution in [0.5, 0.6) is 5.88 Å². The predicted octanol–water partition coefficient (Wildman–Crippen LogP) is 3.62. The number of aromatic nitrogens is 2. The number of hydrogen-bond acceptors (Lipinski definition) is 3. The Balaban J connectivity index is 1.44. The van der Waals surface area contributed by atoms with Gasteiger partial charge in [-0.3, -0.25) is 4.79 Å². The zero-order valence-electron chi connectivity index (χ0n) is 12.9. The largest absolute Gasteiger partial charge is 0.472 e. The van der Waals surface area contributed by atoms with E-state index in [1.54, 1.807) is 6.20 Å². The number of carbonyl (C=O) groups excluding carboxylic acids is 1. The highest BCUT2D eigenvalue weighted by atomic mass is 79.9. The van der Waals surface area contributed by atoms with Crippen molar-refractivity contribution in [3.63, 3.8) is 0 Å². The minimum atomic E-state index is -0.0213. The molecule has 1 amide bonds. The van der Waals surface area contributed by atoms with Gasteiger partial charge in [-0.25, -0.2) is 4.98 Å². The van der Waals surface area contributed by atoms with Gasteiger partial charge in [-0.1, -0.05) is 18.2 Å². The molecule has 5 nitrogen and oxygen atoms in total. The van der Waals surface area contributed by atoms with Crippen LogP contribution in [0.2, 0.25) is 0 Å². The molecule has 0 radical (unpaired) electrons. The summed E-state index contributed by atoms with van der Waals surface area (Å²) in [5, 5.41) is 1.05. The molecule has 1 saturated heterocycles. The van der Waals surface area contributed by atoms with Crippen molar-refractivity contribution in [1.82, 2.24) is 14.9 Å². The molecule has 1 aromatic carbocycles. The number of benzene rings is 1. The van der Waals surface area contributed by atoms with Crippen LogP contribution in [-0.2, 0) is 0 Å². The number of rotatable bonds is 3. The van der Waals surface area contributed by atoms with Gasteiger partial charge in [0.25, 0.3) is 5.91 Å². The lowest BCUT2D eigenvalue weighted by atomic mass is 10.2. The van der Waals surface area contributed by atoms with Gasteiger partial charge in [0.2, 0.25) is 5.88 Å². The maximum Gasteiger partial charge on any atom is 0.270 e. The molecule has 122 valence electrons. The van der Waals surface area contributed by atoms with Crippen LogP contribution in [0.1, 0.15) is 16.9 Å². The lowest BCUT2D eigenvalue weighted by molar-refractivity contribution is 0.0766. The van der Waals surface area contributed by atoms with E-state index in [0.717, 1.165) is 21.8 Å². The lowest BCUT2D eigenvalue weighted by Crippen LogP contribution is -2.31. The fourth-order valence-corrected chi connectivity index (χ4v) is 3.21. The summed E-state index contributed by atoms with van der Waals surface area (Å²) in [7, 11) is 0. The van der Waals surface area contributed by atoms with Crippen molar-refractivity contribution >= 4 is 32.7 Å². The summed E-state index contributed by atoms with van der Waals surface area (Å²) < 4.78 is 6.78. The van der Waals surface area contributed by atoms with Crippen molar-refractivity contribution in [2.75, 3.05) is 13.1 Å². The fourth-order valence-electron chi connectivity index (χ4n) is 2.97. The number of pyridine rings is 1. The van der Waals surface area contributed by atoms with E-state index < -0.39 is 0 Å². The van der Waals surface area contributed by atoms with Crippen molar-refractivity contribution in [2.24, 2.45) is 0 Å². The van der Waals surface area contributed by atoms with Gasteiger partial charge in [-0.15, -0.1) is 0 Å². The number of carbonyl (C=O) groups is 1. The fraction of sp³-hybridized carbons (Fsp3) is 0.222. The second kappa shape index (κ2) is 6.28. The SMILES string of the molecule is O=C(c1cc2ccccc2[nH]1)N1CC[C@H](Oc2ccc(Br)cn2)C1. The standard InChI is InChI=1S/C18H16BrN3O2/c19-13-5-6-17(20-10-13)24-14-7-8-22(11-14)18(23)16-9-12-3-1-2-4-15(12)21-16/h1-6,9-10,14,21H,7-8,11H2/t14-/m0/s1. The van der Waals surface area contributed by atoms with Crippen molar-refractivity contribution in [1.29, 1.82) is 0 Å². The molecule has 1 aliphatic heterocycles. The highest BCUT2D eigenvalue weighted by Crippen LogP contribution is 2.21. The normalized spacial score (nSPS) is 17.4. The van der Waals surface area contributed by atoms with E-state index in [1.807, 2.05) is 47.4 Å². The Morgan fingerprint density at radius 2 is 2.17 bits per heavy atom. The molecule has 3 heterocycles. The quantitative estimate of drug-likeness (QED) is 0.748. The summed E-state index contributed by atoms with van der Waals surface area (Å²) in [5.74, 6) is 0.601. The molecule has 0 aliphatic carbocycles. The number of amides is 1. The number of nitrogens with zero attached hydrogens (tertiary/aromatic N) is 2. The number of H-pyrrole nitrogens is 1. The van der Waals surface area contributed by atoms with Gasteiger partial charge in [0.15, 0.2) is 0 Å². The molecule has 2 aromatic heterocycles. The monoisotopic (exact) mass is 385 g/mol.